The van der Waals surface area contributed by atoms with Crippen molar-refractivity contribution in [1.82, 2.24) is 4.72 Å². The molecule has 0 aromatic carbocycles. The van der Waals surface area contributed by atoms with Crippen LogP contribution in [0.15, 0.2) is 12.7 Å². The summed E-state index contributed by atoms with van der Waals surface area (Å²) in [6.45, 7) is 4.06. The molecule has 0 spiro atoms. The highest BCUT2D eigenvalue weighted by Crippen LogP contribution is 2.34. The van der Waals surface area contributed by atoms with Crippen LogP contribution in [0.25, 0.3) is 0 Å². The van der Waals surface area contributed by atoms with Gasteiger partial charge in [0.15, 0.2) is 0 Å². The van der Waals surface area contributed by atoms with Crippen molar-refractivity contribution in [2.75, 3.05) is 6.61 Å². The van der Waals surface area contributed by atoms with Crippen LogP contribution >= 0.6 is 0 Å². The first-order valence-electron chi connectivity index (χ1n) is 6.37. The summed E-state index contributed by atoms with van der Waals surface area (Å²) >= 11 is 0. The Kier molecular flexibility index (Phi) is 3.90. The number of hydrogen-bond acceptors (Lipinski definition) is 3. The summed E-state index contributed by atoms with van der Waals surface area (Å²) in [7, 11) is -3.57. The summed E-state index contributed by atoms with van der Waals surface area (Å²) in [4.78, 5) is 0. The molecule has 0 amide bonds. The molecule has 1 saturated carbocycles. The van der Waals surface area contributed by atoms with Gasteiger partial charge in [-0.3, -0.25) is 4.18 Å². The lowest BCUT2D eigenvalue weighted by Crippen LogP contribution is -2.53. The minimum absolute atomic E-state index is 0.258. The van der Waals surface area contributed by atoms with Crippen molar-refractivity contribution in [2.45, 2.75) is 50.5 Å². The molecule has 2 aliphatic rings. The zero-order valence-corrected chi connectivity index (χ0v) is 11.0. The first kappa shape index (κ1) is 13.1. The maximum absolute atomic E-state index is 11.5. The molecule has 5 heteroatoms. The van der Waals surface area contributed by atoms with Crippen LogP contribution in [-0.2, 0) is 14.5 Å². The Hall–Kier alpha value is -0.390. The summed E-state index contributed by atoms with van der Waals surface area (Å²) in [6, 6.07) is 0. The predicted molar refractivity (Wildman–Crippen MR) is 66.7 cm³/mol. The van der Waals surface area contributed by atoms with Gasteiger partial charge in [-0.1, -0.05) is 38.2 Å². The van der Waals surface area contributed by atoms with Gasteiger partial charge in [0.05, 0.1) is 12.1 Å². The van der Waals surface area contributed by atoms with Crippen LogP contribution in [0.5, 0.6) is 0 Å². The molecule has 0 bridgehead atoms. The SMILES string of the molecule is C=CC1(CC2CCCCC2)CCOS(=O)(=O)N1. The second kappa shape index (κ2) is 5.08. The molecule has 0 radical (unpaired) electrons. The van der Waals surface area contributed by atoms with Gasteiger partial charge >= 0.3 is 10.3 Å². The van der Waals surface area contributed by atoms with Gasteiger partial charge in [0.25, 0.3) is 0 Å². The Morgan fingerprint density at radius 2 is 2.06 bits per heavy atom. The summed E-state index contributed by atoms with van der Waals surface area (Å²) in [5, 5.41) is 0. The second-order valence-electron chi connectivity index (χ2n) is 5.20. The number of hydrogen-bond donors (Lipinski definition) is 1. The van der Waals surface area contributed by atoms with E-state index in [1.54, 1.807) is 6.08 Å². The van der Waals surface area contributed by atoms with Gasteiger partial charge < -0.3 is 0 Å². The average molecular weight is 259 g/mol. The zero-order valence-electron chi connectivity index (χ0n) is 10.2. The van der Waals surface area contributed by atoms with Gasteiger partial charge in [0.1, 0.15) is 0 Å². The predicted octanol–water partition coefficient (Wildman–Crippen LogP) is 2.14. The van der Waals surface area contributed by atoms with E-state index in [1.165, 1.54) is 32.1 Å². The van der Waals surface area contributed by atoms with E-state index in [1.807, 2.05) is 0 Å². The summed E-state index contributed by atoms with van der Waals surface area (Å²) in [5.74, 6) is 0.613. The van der Waals surface area contributed by atoms with E-state index in [-0.39, 0.29) is 6.61 Å². The standard InChI is InChI=1S/C12H21NO3S/c1-2-12(8-9-16-17(14,15)13-12)10-11-6-4-3-5-7-11/h2,11,13H,1,3-10H2. The molecule has 1 aliphatic carbocycles. The van der Waals surface area contributed by atoms with Crippen molar-refractivity contribution >= 4 is 10.3 Å². The van der Waals surface area contributed by atoms with Crippen molar-refractivity contribution in [3.63, 3.8) is 0 Å². The fourth-order valence-electron chi connectivity index (χ4n) is 2.94. The topological polar surface area (TPSA) is 55.4 Å². The molecule has 2 rings (SSSR count). The highest BCUT2D eigenvalue weighted by atomic mass is 32.2. The van der Waals surface area contributed by atoms with Gasteiger partial charge in [0.2, 0.25) is 0 Å². The molecule has 1 N–H and O–H groups in total. The lowest BCUT2D eigenvalue weighted by atomic mass is 9.78. The average Bonchev–Trinajstić information content (AvgIpc) is 2.29. The monoisotopic (exact) mass is 259 g/mol. The summed E-state index contributed by atoms with van der Waals surface area (Å²) in [5.41, 5.74) is -0.487. The molecule has 2 fully saturated rings. The Bertz CT molecular complexity index is 373. The lowest BCUT2D eigenvalue weighted by Gasteiger charge is -2.38. The van der Waals surface area contributed by atoms with Crippen LogP contribution in [0.1, 0.15) is 44.9 Å². The molecular formula is C12H21NO3S. The largest absolute Gasteiger partial charge is 0.336 e. The normalized spacial score (nSPS) is 34.4. The Morgan fingerprint density at radius 3 is 2.65 bits per heavy atom. The summed E-state index contributed by atoms with van der Waals surface area (Å²) < 4.78 is 30.3. The van der Waals surface area contributed by atoms with Crippen molar-refractivity contribution in [3.8, 4) is 0 Å². The molecular weight excluding hydrogens is 238 g/mol. The molecule has 98 valence electrons. The highest BCUT2D eigenvalue weighted by molar-refractivity contribution is 7.84. The van der Waals surface area contributed by atoms with Crippen molar-refractivity contribution < 1.29 is 12.6 Å². The van der Waals surface area contributed by atoms with Gasteiger partial charge in [-0.2, -0.15) is 13.1 Å². The molecule has 1 unspecified atom stereocenters. The molecule has 1 aliphatic heterocycles. The van der Waals surface area contributed by atoms with Gasteiger partial charge in [-0.25, -0.2) is 0 Å². The van der Waals surface area contributed by atoms with Gasteiger partial charge in [-0.15, -0.1) is 6.58 Å². The van der Waals surface area contributed by atoms with Crippen LogP contribution in [-0.4, -0.2) is 20.6 Å². The van der Waals surface area contributed by atoms with Crippen molar-refractivity contribution in [1.29, 1.82) is 0 Å². The Morgan fingerprint density at radius 1 is 1.35 bits per heavy atom. The van der Waals surface area contributed by atoms with Crippen LogP contribution in [0.2, 0.25) is 0 Å². The summed E-state index contributed by atoms with van der Waals surface area (Å²) in [6.07, 6.45) is 9.55. The third-order valence-corrected chi connectivity index (χ3v) is 5.02. The molecule has 1 heterocycles. The Labute approximate surface area is 104 Å². The van der Waals surface area contributed by atoms with E-state index in [2.05, 4.69) is 11.3 Å². The molecule has 0 aromatic heterocycles. The third kappa shape index (κ3) is 3.30. The first-order valence-corrected chi connectivity index (χ1v) is 7.78. The van der Waals surface area contributed by atoms with Gasteiger partial charge in [-0.05, 0) is 18.8 Å². The lowest BCUT2D eigenvalue weighted by molar-refractivity contribution is 0.189. The maximum Gasteiger partial charge on any atom is 0.336 e. The van der Waals surface area contributed by atoms with E-state index < -0.39 is 15.8 Å². The van der Waals surface area contributed by atoms with Gasteiger partial charge in [0, 0.05) is 0 Å². The van der Waals surface area contributed by atoms with Crippen LogP contribution in [0.3, 0.4) is 0 Å². The van der Waals surface area contributed by atoms with Crippen LogP contribution < -0.4 is 4.72 Å². The van der Waals surface area contributed by atoms with Crippen LogP contribution in [0, 0.1) is 5.92 Å². The minimum atomic E-state index is -3.57. The smallest absolute Gasteiger partial charge is 0.258 e. The number of rotatable bonds is 3. The first-order chi connectivity index (χ1) is 8.05. The fourth-order valence-corrected chi connectivity index (χ4v) is 4.07. The van der Waals surface area contributed by atoms with Crippen LogP contribution in [0.4, 0.5) is 0 Å². The minimum Gasteiger partial charge on any atom is -0.258 e. The third-order valence-electron chi connectivity index (χ3n) is 3.88. The zero-order chi connectivity index (χ0) is 12.4. The number of nitrogens with one attached hydrogen (secondary N) is 1. The van der Waals surface area contributed by atoms with Crippen molar-refractivity contribution in [2.24, 2.45) is 5.92 Å². The molecule has 4 nitrogen and oxygen atoms in total. The Balaban J connectivity index is 2.05. The fraction of sp³-hybridized carbons (Fsp3) is 0.833. The highest BCUT2D eigenvalue weighted by Gasteiger charge is 2.38. The van der Waals surface area contributed by atoms with E-state index in [4.69, 9.17) is 4.18 Å². The van der Waals surface area contributed by atoms with E-state index in [0.29, 0.717) is 12.3 Å². The van der Waals surface area contributed by atoms with E-state index >= 15 is 0 Å². The maximum atomic E-state index is 11.5. The molecule has 17 heavy (non-hydrogen) atoms. The van der Waals surface area contributed by atoms with E-state index in [0.717, 1.165) is 6.42 Å². The van der Waals surface area contributed by atoms with Crippen molar-refractivity contribution in [3.05, 3.63) is 12.7 Å². The molecule has 1 atom stereocenters. The molecule has 1 saturated heterocycles. The molecule has 0 aromatic rings. The van der Waals surface area contributed by atoms with E-state index in [9.17, 15) is 8.42 Å². The second-order valence-corrected chi connectivity index (χ2v) is 6.54. The quantitative estimate of drug-likeness (QED) is 0.790.